The number of benzene rings is 1. The maximum Gasteiger partial charge on any atom is 0.240 e. The number of carbonyl (C=O) groups excluding carboxylic acids is 1. The second-order valence-corrected chi connectivity index (χ2v) is 8.64. The molecule has 2 aliphatic heterocycles. The van der Waals surface area contributed by atoms with E-state index < -0.39 is 0 Å². The number of aromatic nitrogens is 1. The molecule has 5 nitrogen and oxygen atoms in total. The van der Waals surface area contributed by atoms with Gasteiger partial charge in [-0.05, 0) is 45.2 Å². The summed E-state index contributed by atoms with van der Waals surface area (Å²) in [6, 6.07) is 11.0. The summed E-state index contributed by atoms with van der Waals surface area (Å²) in [5.74, 6) is 0.256. The van der Waals surface area contributed by atoms with Gasteiger partial charge < -0.3 is 14.8 Å². The van der Waals surface area contributed by atoms with Crippen LogP contribution in [0, 0.1) is 0 Å². The van der Waals surface area contributed by atoms with Crippen molar-refractivity contribution in [2.75, 3.05) is 19.6 Å². The molecule has 2 unspecified atom stereocenters. The molecular formula is C21H30N4O. The van der Waals surface area contributed by atoms with E-state index in [1.807, 2.05) is 4.90 Å². The van der Waals surface area contributed by atoms with Crippen LogP contribution in [0.5, 0.6) is 0 Å². The third-order valence-corrected chi connectivity index (χ3v) is 5.80. The smallest absolute Gasteiger partial charge is 0.240 e. The first-order valence-electron chi connectivity index (χ1n) is 9.72. The molecule has 2 aliphatic rings. The van der Waals surface area contributed by atoms with Crippen LogP contribution in [0.3, 0.4) is 0 Å². The number of carbonyl (C=O) groups is 1. The van der Waals surface area contributed by atoms with E-state index in [9.17, 15) is 4.79 Å². The molecule has 26 heavy (non-hydrogen) atoms. The Labute approximate surface area is 155 Å². The number of para-hydroxylation sites is 1. The fourth-order valence-electron chi connectivity index (χ4n) is 4.74. The van der Waals surface area contributed by atoms with Crippen LogP contribution < -0.4 is 5.32 Å². The number of piperazine rings is 1. The Morgan fingerprint density at radius 3 is 2.81 bits per heavy atom. The first-order chi connectivity index (χ1) is 12.3. The Kier molecular flexibility index (Phi) is 4.32. The second-order valence-electron chi connectivity index (χ2n) is 8.64. The second kappa shape index (κ2) is 6.39. The molecule has 1 fully saturated rings. The van der Waals surface area contributed by atoms with Crippen LogP contribution in [0.15, 0.2) is 30.3 Å². The van der Waals surface area contributed by atoms with Crippen LogP contribution >= 0.6 is 0 Å². The standard InChI is InChI=1S/C21H30N4O/c1-15-12-24(14-21(3,4)22-15)16(2)20(26)23-9-10-25-18(13-23)11-17-7-5-6-8-19(17)25/h5-8,11,15-16,22H,9-10,12-14H2,1-4H3. The van der Waals surface area contributed by atoms with Gasteiger partial charge in [-0.3, -0.25) is 9.69 Å². The Balaban J connectivity index is 1.50. The van der Waals surface area contributed by atoms with E-state index in [4.69, 9.17) is 0 Å². The molecule has 1 aromatic carbocycles. The summed E-state index contributed by atoms with van der Waals surface area (Å²) in [7, 11) is 0. The fraction of sp³-hybridized carbons (Fsp3) is 0.571. The molecule has 2 atom stereocenters. The summed E-state index contributed by atoms with van der Waals surface area (Å²) in [4.78, 5) is 17.6. The first-order valence-corrected chi connectivity index (χ1v) is 9.72. The average molecular weight is 354 g/mol. The molecule has 1 N–H and O–H groups in total. The van der Waals surface area contributed by atoms with Crippen LogP contribution in [0.1, 0.15) is 33.4 Å². The summed E-state index contributed by atoms with van der Waals surface area (Å²) in [5, 5.41) is 4.88. The van der Waals surface area contributed by atoms with E-state index in [1.54, 1.807) is 0 Å². The molecule has 1 aromatic heterocycles. The lowest BCUT2D eigenvalue weighted by molar-refractivity contribution is -0.139. The molecule has 3 heterocycles. The third kappa shape index (κ3) is 3.14. The lowest BCUT2D eigenvalue weighted by Gasteiger charge is -2.45. The highest BCUT2D eigenvalue weighted by Crippen LogP contribution is 2.25. The Bertz CT molecular complexity index is 825. The minimum absolute atomic E-state index is 0.0422. The average Bonchev–Trinajstić information content (AvgIpc) is 2.96. The van der Waals surface area contributed by atoms with Crippen LogP contribution in [-0.4, -0.2) is 57.5 Å². The predicted molar refractivity (Wildman–Crippen MR) is 105 cm³/mol. The van der Waals surface area contributed by atoms with Gasteiger partial charge in [-0.2, -0.15) is 0 Å². The number of hydrogen-bond donors (Lipinski definition) is 1. The molecule has 1 amide bonds. The number of rotatable bonds is 2. The lowest BCUT2D eigenvalue weighted by Crippen LogP contribution is -2.64. The number of amides is 1. The van der Waals surface area contributed by atoms with E-state index in [0.29, 0.717) is 12.6 Å². The minimum atomic E-state index is -0.0743. The SMILES string of the molecule is CC1CN(C(C)C(=O)N2CCn3c(cc4ccccc43)C2)CC(C)(C)N1. The minimum Gasteiger partial charge on any atom is -0.341 e. The summed E-state index contributed by atoms with van der Waals surface area (Å²) in [6.45, 7) is 12.9. The highest BCUT2D eigenvalue weighted by atomic mass is 16.2. The molecule has 0 saturated carbocycles. The fourth-order valence-corrected chi connectivity index (χ4v) is 4.74. The van der Waals surface area contributed by atoms with Gasteiger partial charge in [0.25, 0.3) is 0 Å². The van der Waals surface area contributed by atoms with Crippen LogP contribution in [0.4, 0.5) is 0 Å². The quantitative estimate of drug-likeness (QED) is 0.901. The molecule has 1 saturated heterocycles. The Morgan fingerprint density at radius 1 is 1.27 bits per heavy atom. The van der Waals surface area contributed by atoms with E-state index in [0.717, 1.165) is 26.2 Å². The molecule has 0 aliphatic carbocycles. The molecular weight excluding hydrogens is 324 g/mol. The van der Waals surface area contributed by atoms with Crippen molar-refractivity contribution in [1.29, 1.82) is 0 Å². The van der Waals surface area contributed by atoms with Crippen LogP contribution in [0.25, 0.3) is 10.9 Å². The van der Waals surface area contributed by atoms with Gasteiger partial charge in [0, 0.05) is 49.0 Å². The van der Waals surface area contributed by atoms with Gasteiger partial charge >= 0.3 is 0 Å². The van der Waals surface area contributed by atoms with Gasteiger partial charge in [-0.1, -0.05) is 18.2 Å². The molecule has 4 rings (SSSR count). The normalized spacial score (nSPS) is 24.5. The summed E-state index contributed by atoms with van der Waals surface area (Å²) < 4.78 is 2.36. The lowest BCUT2D eigenvalue weighted by atomic mass is 9.97. The zero-order valence-electron chi connectivity index (χ0n) is 16.3. The van der Waals surface area contributed by atoms with Crippen molar-refractivity contribution < 1.29 is 4.79 Å². The van der Waals surface area contributed by atoms with Crippen molar-refractivity contribution in [2.24, 2.45) is 0 Å². The van der Waals surface area contributed by atoms with Crippen molar-refractivity contribution in [3.8, 4) is 0 Å². The Hall–Kier alpha value is -1.85. The van der Waals surface area contributed by atoms with Crippen molar-refractivity contribution in [3.63, 3.8) is 0 Å². The van der Waals surface area contributed by atoms with Gasteiger partial charge in [0.1, 0.15) is 0 Å². The van der Waals surface area contributed by atoms with Gasteiger partial charge in [0.2, 0.25) is 5.91 Å². The zero-order chi connectivity index (χ0) is 18.5. The van der Waals surface area contributed by atoms with E-state index in [1.165, 1.54) is 16.6 Å². The van der Waals surface area contributed by atoms with Crippen molar-refractivity contribution >= 4 is 16.8 Å². The topological polar surface area (TPSA) is 40.5 Å². The molecule has 2 aromatic rings. The number of fused-ring (bicyclic) bond motifs is 3. The van der Waals surface area contributed by atoms with Crippen molar-refractivity contribution in [1.82, 2.24) is 19.7 Å². The third-order valence-electron chi connectivity index (χ3n) is 5.80. The number of nitrogens with zero attached hydrogens (tertiary/aromatic N) is 3. The number of hydrogen-bond acceptors (Lipinski definition) is 3. The van der Waals surface area contributed by atoms with Gasteiger partial charge in [0.15, 0.2) is 0 Å². The summed E-state index contributed by atoms with van der Waals surface area (Å²) >= 11 is 0. The molecule has 140 valence electrons. The predicted octanol–water partition coefficient (Wildman–Crippen LogP) is 2.44. The maximum atomic E-state index is 13.2. The largest absolute Gasteiger partial charge is 0.341 e. The number of nitrogens with one attached hydrogen (secondary N) is 1. The van der Waals surface area contributed by atoms with Gasteiger partial charge in [-0.25, -0.2) is 0 Å². The summed E-state index contributed by atoms with van der Waals surface area (Å²) in [5.41, 5.74) is 2.56. The monoisotopic (exact) mass is 354 g/mol. The highest BCUT2D eigenvalue weighted by Gasteiger charge is 2.36. The van der Waals surface area contributed by atoms with Gasteiger partial charge in [-0.15, -0.1) is 0 Å². The van der Waals surface area contributed by atoms with E-state index >= 15 is 0 Å². The van der Waals surface area contributed by atoms with Crippen LogP contribution in [-0.2, 0) is 17.9 Å². The summed E-state index contributed by atoms with van der Waals surface area (Å²) in [6.07, 6.45) is 0. The molecule has 0 spiro atoms. The van der Waals surface area contributed by atoms with Crippen LogP contribution in [0.2, 0.25) is 0 Å². The maximum absolute atomic E-state index is 13.2. The first kappa shape index (κ1) is 17.6. The highest BCUT2D eigenvalue weighted by molar-refractivity contribution is 5.84. The molecule has 0 radical (unpaired) electrons. The van der Waals surface area contributed by atoms with Crippen molar-refractivity contribution in [2.45, 2.75) is 58.4 Å². The van der Waals surface area contributed by atoms with Crippen molar-refractivity contribution in [3.05, 3.63) is 36.0 Å². The van der Waals surface area contributed by atoms with E-state index in [2.05, 4.69) is 72.8 Å². The molecule has 5 heteroatoms. The molecule has 0 bridgehead atoms. The van der Waals surface area contributed by atoms with Gasteiger partial charge in [0.05, 0.1) is 12.6 Å². The Morgan fingerprint density at radius 2 is 2.04 bits per heavy atom. The zero-order valence-corrected chi connectivity index (χ0v) is 16.3. The van der Waals surface area contributed by atoms with E-state index in [-0.39, 0.29) is 17.5 Å².